The van der Waals surface area contributed by atoms with Gasteiger partial charge in [-0.1, -0.05) is 37.3 Å². The Bertz CT molecular complexity index is 445. The lowest BCUT2D eigenvalue weighted by Gasteiger charge is -2.17. The van der Waals surface area contributed by atoms with Crippen LogP contribution < -0.4 is 10.6 Å². The van der Waals surface area contributed by atoms with Gasteiger partial charge in [0.2, 0.25) is 0 Å². The fourth-order valence-corrected chi connectivity index (χ4v) is 2.53. The van der Waals surface area contributed by atoms with E-state index in [2.05, 4.69) is 10.6 Å². The fourth-order valence-electron chi connectivity index (χ4n) is 2.36. The molecule has 1 fully saturated rings. The molecule has 2 N–H and O–H groups in total. The molecule has 2 rings (SSSR count). The Morgan fingerprint density at radius 2 is 1.89 bits per heavy atom. The Balaban J connectivity index is 1.91. The average molecular weight is 285 g/mol. The van der Waals surface area contributed by atoms with Gasteiger partial charge >= 0.3 is 6.03 Å². The molecule has 3 nitrogen and oxygen atoms in total. The number of anilines is 1. The van der Waals surface area contributed by atoms with Crippen molar-refractivity contribution in [1.29, 1.82) is 0 Å². The highest BCUT2D eigenvalue weighted by Gasteiger charge is 2.15. The summed E-state index contributed by atoms with van der Waals surface area (Å²) in [5.74, 6) is -0.486. The quantitative estimate of drug-likeness (QED) is 0.780. The molecule has 2 amide bonds. The van der Waals surface area contributed by atoms with Crippen molar-refractivity contribution in [3.05, 3.63) is 29.0 Å². The summed E-state index contributed by atoms with van der Waals surface area (Å²) in [6.45, 7) is 0. The summed E-state index contributed by atoms with van der Waals surface area (Å²) >= 11 is 5.78. The predicted molar refractivity (Wildman–Crippen MR) is 75.1 cm³/mol. The van der Waals surface area contributed by atoms with Crippen LogP contribution in [-0.2, 0) is 0 Å². The number of amides is 2. The van der Waals surface area contributed by atoms with Crippen LogP contribution in [-0.4, -0.2) is 12.1 Å². The Labute approximate surface area is 117 Å². The van der Waals surface area contributed by atoms with Crippen molar-refractivity contribution < 1.29 is 9.18 Å². The summed E-state index contributed by atoms with van der Waals surface area (Å²) < 4.78 is 13.5. The van der Waals surface area contributed by atoms with Gasteiger partial charge in [-0.05, 0) is 31.0 Å². The lowest BCUT2D eigenvalue weighted by Crippen LogP contribution is -2.37. The second-order valence-electron chi connectivity index (χ2n) is 4.91. The monoisotopic (exact) mass is 284 g/mol. The molecule has 5 heteroatoms. The Morgan fingerprint density at radius 1 is 1.21 bits per heavy atom. The molecule has 0 heterocycles. The fraction of sp³-hybridized carbons (Fsp3) is 0.500. The van der Waals surface area contributed by atoms with Crippen LogP contribution in [0.4, 0.5) is 14.9 Å². The largest absolute Gasteiger partial charge is 0.335 e. The molecule has 0 atom stereocenters. The Kier molecular flexibility index (Phi) is 5.02. The summed E-state index contributed by atoms with van der Waals surface area (Å²) in [5, 5.41) is 5.80. The zero-order valence-electron chi connectivity index (χ0n) is 10.7. The highest BCUT2D eigenvalue weighted by Crippen LogP contribution is 2.20. The maximum Gasteiger partial charge on any atom is 0.319 e. The van der Waals surface area contributed by atoms with Crippen LogP contribution in [0.1, 0.15) is 38.5 Å². The lowest BCUT2D eigenvalue weighted by molar-refractivity contribution is 0.247. The number of benzene rings is 1. The van der Waals surface area contributed by atoms with Gasteiger partial charge in [-0.2, -0.15) is 0 Å². The van der Waals surface area contributed by atoms with Crippen molar-refractivity contribution in [2.45, 2.75) is 44.6 Å². The molecule has 19 heavy (non-hydrogen) atoms. The van der Waals surface area contributed by atoms with E-state index < -0.39 is 5.82 Å². The first-order valence-electron chi connectivity index (χ1n) is 6.68. The smallest absolute Gasteiger partial charge is 0.319 e. The number of hydrogen-bond donors (Lipinski definition) is 2. The van der Waals surface area contributed by atoms with Crippen LogP contribution in [0.5, 0.6) is 0 Å². The van der Waals surface area contributed by atoms with Crippen LogP contribution in [0.2, 0.25) is 5.02 Å². The summed E-state index contributed by atoms with van der Waals surface area (Å²) in [6.07, 6.45) is 6.70. The van der Waals surface area contributed by atoms with Gasteiger partial charge in [0, 0.05) is 11.1 Å². The minimum atomic E-state index is -0.486. The van der Waals surface area contributed by atoms with Crippen molar-refractivity contribution in [2.24, 2.45) is 0 Å². The molecule has 0 saturated heterocycles. The molecule has 1 aromatic rings. The topological polar surface area (TPSA) is 41.1 Å². The van der Waals surface area contributed by atoms with Crippen molar-refractivity contribution in [3.8, 4) is 0 Å². The molecule has 0 spiro atoms. The van der Waals surface area contributed by atoms with Crippen molar-refractivity contribution in [1.82, 2.24) is 5.32 Å². The number of rotatable bonds is 2. The third-order valence-electron chi connectivity index (χ3n) is 3.37. The molecule has 1 aromatic carbocycles. The van der Waals surface area contributed by atoms with E-state index in [1.807, 2.05) is 0 Å². The van der Waals surface area contributed by atoms with E-state index in [1.54, 1.807) is 0 Å². The van der Waals surface area contributed by atoms with Crippen molar-refractivity contribution in [3.63, 3.8) is 0 Å². The first-order chi connectivity index (χ1) is 9.15. The van der Waals surface area contributed by atoms with Gasteiger partial charge in [0.25, 0.3) is 0 Å². The van der Waals surface area contributed by atoms with Gasteiger partial charge in [-0.3, -0.25) is 0 Å². The highest BCUT2D eigenvalue weighted by atomic mass is 35.5. The highest BCUT2D eigenvalue weighted by molar-refractivity contribution is 6.30. The first-order valence-corrected chi connectivity index (χ1v) is 7.05. The van der Waals surface area contributed by atoms with E-state index in [4.69, 9.17) is 11.6 Å². The van der Waals surface area contributed by atoms with Crippen molar-refractivity contribution in [2.75, 3.05) is 5.32 Å². The standard InChI is InChI=1S/C14H18ClFN2O/c15-10-7-8-12(16)13(9-10)18-14(19)17-11-5-3-1-2-4-6-11/h7-9,11H,1-6H2,(H2,17,18,19). The summed E-state index contributed by atoms with van der Waals surface area (Å²) in [7, 11) is 0. The molecule has 1 aliphatic carbocycles. The van der Waals surface area contributed by atoms with Crippen molar-refractivity contribution >= 4 is 23.3 Å². The molecule has 104 valence electrons. The number of nitrogens with one attached hydrogen (secondary N) is 2. The molecule has 0 radical (unpaired) electrons. The van der Waals surface area contributed by atoms with Gasteiger partial charge < -0.3 is 10.6 Å². The van der Waals surface area contributed by atoms with Gasteiger partial charge in [0.15, 0.2) is 0 Å². The summed E-state index contributed by atoms with van der Waals surface area (Å²) in [6, 6.07) is 3.91. The molecule has 0 aromatic heterocycles. The van der Waals surface area contributed by atoms with Crippen LogP contribution in [0.25, 0.3) is 0 Å². The molecule has 1 aliphatic rings. The second kappa shape index (κ2) is 6.75. The molecule has 0 unspecified atom stereocenters. The number of hydrogen-bond acceptors (Lipinski definition) is 1. The first kappa shape index (κ1) is 14.1. The second-order valence-corrected chi connectivity index (χ2v) is 5.35. The van der Waals surface area contributed by atoms with E-state index in [1.165, 1.54) is 31.0 Å². The number of carbonyl (C=O) groups excluding carboxylic acids is 1. The normalized spacial score (nSPS) is 16.7. The predicted octanol–water partition coefficient (Wildman–Crippen LogP) is 4.32. The van der Waals surface area contributed by atoms with Crippen LogP contribution in [0, 0.1) is 5.82 Å². The summed E-state index contributed by atoms with van der Waals surface area (Å²) in [5.41, 5.74) is 0.110. The Hall–Kier alpha value is -1.29. The minimum absolute atomic E-state index is 0.110. The average Bonchev–Trinajstić information content (AvgIpc) is 2.62. The van der Waals surface area contributed by atoms with Gasteiger partial charge in [-0.15, -0.1) is 0 Å². The molecular formula is C14H18ClFN2O. The lowest BCUT2D eigenvalue weighted by atomic mass is 10.1. The number of carbonyl (C=O) groups is 1. The van der Waals surface area contributed by atoms with E-state index in [-0.39, 0.29) is 17.8 Å². The van der Waals surface area contributed by atoms with Crippen LogP contribution in [0.3, 0.4) is 0 Å². The van der Waals surface area contributed by atoms with E-state index in [0.29, 0.717) is 5.02 Å². The van der Waals surface area contributed by atoms with Crippen LogP contribution in [0.15, 0.2) is 18.2 Å². The SMILES string of the molecule is O=C(Nc1cc(Cl)ccc1F)NC1CCCCCC1. The third-order valence-corrected chi connectivity index (χ3v) is 3.60. The van der Waals surface area contributed by atoms with E-state index >= 15 is 0 Å². The molecule has 1 saturated carbocycles. The van der Waals surface area contributed by atoms with E-state index in [0.717, 1.165) is 25.7 Å². The number of urea groups is 1. The summed E-state index contributed by atoms with van der Waals surface area (Å²) in [4.78, 5) is 11.8. The van der Waals surface area contributed by atoms with E-state index in [9.17, 15) is 9.18 Å². The molecular weight excluding hydrogens is 267 g/mol. The zero-order valence-corrected chi connectivity index (χ0v) is 11.5. The molecule has 0 aliphatic heterocycles. The minimum Gasteiger partial charge on any atom is -0.335 e. The van der Waals surface area contributed by atoms with Gasteiger partial charge in [0.05, 0.1) is 5.69 Å². The zero-order chi connectivity index (χ0) is 13.7. The third kappa shape index (κ3) is 4.39. The van der Waals surface area contributed by atoms with Gasteiger partial charge in [-0.25, -0.2) is 9.18 Å². The Morgan fingerprint density at radius 3 is 2.58 bits per heavy atom. The number of halogens is 2. The van der Waals surface area contributed by atoms with Crippen LogP contribution >= 0.6 is 11.6 Å². The van der Waals surface area contributed by atoms with Gasteiger partial charge in [0.1, 0.15) is 5.82 Å². The molecule has 0 bridgehead atoms. The maximum absolute atomic E-state index is 13.5. The maximum atomic E-state index is 13.5.